The summed E-state index contributed by atoms with van der Waals surface area (Å²) < 4.78 is 0. The molecule has 0 saturated carbocycles. The van der Waals surface area contributed by atoms with Crippen LogP contribution in [0.5, 0.6) is 0 Å². The molecule has 0 amide bonds. The number of anilines is 1. The average Bonchev–Trinajstić information content (AvgIpc) is 2.29. The third-order valence-electron chi connectivity index (χ3n) is 2.26. The van der Waals surface area contributed by atoms with Crippen LogP contribution in [0.4, 0.5) is 5.82 Å². The monoisotopic (exact) mass is 225 g/mol. The second-order valence-corrected chi connectivity index (χ2v) is 3.36. The molecule has 1 heterocycles. The van der Waals surface area contributed by atoms with Crippen LogP contribution in [0.2, 0.25) is 0 Å². The molecule has 1 atom stereocenters. The minimum atomic E-state index is -1.05. The van der Waals surface area contributed by atoms with E-state index in [2.05, 4.69) is 15.5 Å². The second-order valence-electron chi connectivity index (χ2n) is 3.36. The number of nitrogens with one attached hydrogen (secondary N) is 1. The number of carboxylic acid groups (broad SMARTS) is 1. The first kappa shape index (κ1) is 12.4. The van der Waals surface area contributed by atoms with Crippen LogP contribution in [0.3, 0.4) is 0 Å². The lowest BCUT2D eigenvalue weighted by atomic mass is 10.1. The normalized spacial score (nSPS) is 12.1. The predicted octanol–water partition coefficient (Wildman–Crippen LogP) is 0.748. The summed E-state index contributed by atoms with van der Waals surface area (Å²) in [5.74, 6) is -0.799. The van der Waals surface area contributed by atoms with Crippen molar-refractivity contribution in [3.8, 4) is 0 Å². The number of aliphatic hydroxyl groups excluding tert-OH is 1. The van der Waals surface area contributed by atoms with Gasteiger partial charge in [-0.05, 0) is 18.9 Å². The summed E-state index contributed by atoms with van der Waals surface area (Å²) in [5.41, 5.74) is 0.0892. The van der Waals surface area contributed by atoms with Gasteiger partial charge in [-0.3, -0.25) is 0 Å². The molecule has 3 N–H and O–H groups in total. The van der Waals surface area contributed by atoms with Crippen LogP contribution < -0.4 is 5.32 Å². The molecule has 0 aliphatic rings. The van der Waals surface area contributed by atoms with Crippen LogP contribution in [-0.2, 0) is 0 Å². The molecule has 6 heteroatoms. The van der Waals surface area contributed by atoms with Gasteiger partial charge in [0, 0.05) is 12.6 Å². The van der Waals surface area contributed by atoms with E-state index in [4.69, 9.17) is 10.2 Å². The van der Waals surface area contributed by atoms with Gasteiger partial charge in [0.1, 0.15) is 5.56 Å². The fourth-order valence-electron chi connectivity index (χ4n) is 1.34. The maximum atomic E-state index is 10.9. The Morgan fingerprint density at radius 3 is 2.94 bits per heavy atom. The van der Waals surface area contributed by atoms with Gasteiger partial charge in [0.15, 0.2) is 5.82 Å². The predicted molar refractivity (Wildman–Crippen MR) is 58.4 cm³/mol. The number of aromatic carboxylic acids is 1. The molecule has 0 spiro atoms. The van der Waals surface area contributed by atoms with Crippen molar-refractivity contribution in [2.45, 2.75) is 25.8 Å². The molecule has 6 nitrogen and oxygen atoms in total. The summed E-state index contributed by atoms with van der Waals surface area (Å²) in [6.07, 6.45) is 2.66. The standard InChI is InChI=1S/C10H15N3O3/c1-2-7(4-6-14)12-9-8(10(15)16)3-5-11-13-9/h3,5,7,14H,2,4,6H2,1H3,(H,12,13)(H,15,16). The summed E-state index contributed by atoms with van der Waals surface area (Å²) in [6.45, 7) is 2.00. The van der Waals surface area contributed by atoms with E-state index in [9.17, 15) is 4.79 Å². The van der Waals surface area contributed by atoms with Crippen molar-refractivity contribution in [3.05, 3.63) is 17.8 Å². The van der Waals surface area contributed by atoms with E-state index in [1.807, 2.05) is 6.92 Å². The molecule has 0 aromatic carbocycles. The van der Waals surface area contributed by atoms with Crippen LogP contribution in [0.15, 0.2) is 12.3 Å². The van der Waals surface area contributed by atoms with Gasteiger partial charge in [-0.2, -0.15) is 5.10 Å². The summed E-state index contributed by atoms with van der Waals surface area (Å²) in [6, 6.07) is 1.39. The van der Waals surface area contributed by atoms with Crippen LogP contribution in [-0.4, -0.2) is 39.0 Å². The highest BCUT2D eigenvalue weighted by molar-refractivity contribution is 5.92. The van der Waals surface area contributed by atoms with Crippen molar-refractivity contribution in [2.24, 2.45) is 0 Å². The van der Waals surface area contributed by atoms with Crippen LogP contribution >= 0.6 is 0 Å². The molecule has 88 valence electrons. The Labute approximate surface area is 93.3 Å². The lowest BCUT2D eigenvalue weighted by Crippen LogP contribution is -2.22. The van der Waals surface area contributed by atoms with E-state index in [-0.39, 0.29) is 24.0 Å². The third kappa shape index (κ3) is 3.16. The number of hydrogen-bond donors (Lipinski definition) is 3. The topological polar surface area (TPSA) is 95.3 Å². The molecule has 1 rings (SSSR count). The lowest BCUT2D eigenvalue weighted by molar-refractivity contribution is 0.0697. The lowest BCUT2D eigenvalue weighted by Gasteiger charge is -2.16. The van der Waals surface area contributed by atoms with Crippen molar-refractivity contribution in [3.63, 3.8) is 0 Å². The summed E-state index contributed by atoms with van der Waals surface area (Å²) >= 11 is 0. The molecule has 1 aromatic rings. The van der Waals surface area contributed by atoms with Gasteiger partial charge in [-0.1, -0.05) is 6.92 Å². The van der Waals surface area contributed by atoms with Gasteiger partial charge < -0.3 is 15.5 Å². The number of carbonyl (C=O) groups is 1. The number of carboxylic acids is 1. The van der Waals surface area contributed by atoms with Crippen molar-refractivity contribution in [1.82, 2.24) is 10.2 Å². The number of aromatic nitrogens is 2. The highest BCUT2D eigenvalue weighted by Crippen LogP contribution is 2.13. The van der Waals surface area contributed by atoms with Crippen molar-refractivity contribution < 1.29 is 15.0 Å². The van der Waals surface area contributed by atoms with Crippen molar-refractivity contribution in [1.29, 1.82) is 0 Å². The molecule has 0 radical (unpaired) electrons. The molecule has 0 aliphatic carbocycles. The molecule has 0 fully saturated rings. The molecular weight excluding hydrogens is 210 g/mol. The molecule has 0 saturated heterocycles. The average molecular weight is 225 g/mol. The van der Waals surface area contributed by atoms with E-state index >= 15 is 0 Å². The number of aliphatic hydroxyl groups is 1. The first-order valence-electron chi connectivity index (χ1n) is 5.11. The van der Waals surface area contributed by atoms with Gasteiger partial charge in [-0.15, -0.1) is 5.10 Å². The third-order valence-corrected chi connectivity index (χ3v) is 2.26. The Hall–Kier alpha value is -1.69. The van der Waals surface area contributed by atoms with Crippen LogP contribution in [0, 0.1) is 0 Å². The zero-order valence-electron chi connectivity index (χ0n) is 9.05. The summed E-state index contributed by atoms with van der Waals surface area (Å²) in [4.78, 5) is 10.9. The number of hydrogen-bond acceptors (Lipinski definition) is 5. The summed E-state index contributed by atoms with van der Waals surface area (Å²) in [5, 5.41) is 28.1. The maximum absolute atomic E-state index is 10.9. The van der Waals surface area contributed by atoms with Crippen LogP contribution in [0.25, 0.3) is 0 Å². The van der Waals surface area contributed by atoms with E-state index in [1.165, 1.54) is 12.3 Å². The molecule has 1 unspecified atom stereocenters. The van der Waals surface area contributed by atoms with Crippen LogP contribution in [0.1, 0.15) is 30.1 Å². The summed E-state index contributed by atoms with van der Waals surface area (Å²) in [7, 11) is 0. The van der Waals surface area contributed by atoms with Gasteiger partial charge in [0.25, 0.3) is 0 Å². The fourth-order valence-corrected chi connectivity index (χ4v) is 1.34. The van der Waals surface area contributed by atoms with Crippen molar-refractivity contribution in [2.75, 3.05) is 11.9 Å². The van der Waals surface area contributed by atoms with Gasteiger partial charge >= 0.3 is 5.97 Å². The largest absolute Gasteiger partial charge is 0.478 e. The Kier molecular flexibility index (Phi) is 4.65. The highest BCUT2D eigenvalue weighted by atomic mass is 16.4. The van der Waals surface area contributed by atoms with Gasteiger partial charge in [0.2, 0.25) is 0 Å². The molecular formula is C10H15N3O3. The molecule has 1 aromatic heterocycles. The van der Waals surface area contributed by atoms with E-state index in [0.29, 0.717) is 6.42 Å². The maximum Gasteiger partial charge on any atom is 0.339 e. The zero-order valence-corrected chi connectivity index (χ0v) is 9.05. The molecule has 16 heavy (non-hydrogen) atoms. The number of rotatable bonds is 6. The smallest absolute Gasteiger partial charge is 0.339 e. The van der Waals surface area contributed by atoms with Gasteiger partial charge in [-0.25, -0.2) is 4.79 Å². The SMILES string of the molecule is CCC(CCO)Nc1nnccc1C(=O)O. The Balaban J connectivity index is 2.82. The Morgan fingerprint density at radius 2 is 2.38 bits per heavy atom. The quantitative estimate of drug-likeness (QED) is 0.661. The Bertz CT molecular complexity index is 357. The van der Waals surface area contributed by atoms with Gasteiger partial charge in [0.05, 0.1) is 6.20 Å². The second kappa shape index (κ2) is 6.02. The zero-order chi connectivity index (χ0) is 12.0. The first-order chi connectivity index (χ1) is 7.69. The fraction of sp³-hybridized carbons (Fsp3) is 0.500. The minimum absolute atomic E-state index is 0.000185. The Morgan fingerprint density at radius 1 is 1.62 bits per heavy atom. The highest BCUT2D eigenvalue weighted by Gasteiger charge is 2.14. The van der Waals surface area contributed by atoms with E-state index < -0.39 is 5.97 Å². The molecule has 0 aliphatic heterocycles. The molecule has 0 bridgehead atoms. The van der Waals surface area contributed by atoms with E-state index in [1.54, 1.807) is 0 Å². The minimum Gasteiger partial charge on any atom is -0.478 e. The first-order valence-corrected chi connectivity index (χ1v) is 5.11. The van der Waals surface area contributed by atoms with E-state index in [0.717, 1.165) is 6.42 Å². The number of nitrogens with zero attached hydrogens (tertiary/aromatic N) is 2. The van der Waals surface area contributed by atoms with Crippen molar-refractivity contribution >= 4 is 11.8 Å².